The van der Waals surface area contributed by atoms with Gasteiger partial charge in [-0.1, -0.05) is 0 Å². The second-order valence-corrected chi connectivity index (χ2v) is 1.77. The van der Waals surface area contributed by atoms with E-state index in [9.17, 15) is 4.79 Å². The Morgan fingerprint density at radius 3 is 3.00 bits per heavy atom. The van der Waals surface area contributed by atoms with E-state index in [4.69, 9.17) is 10.4 Å². The van der Waals surface area contributed by atoms with Crippen molar-refractivity contribution in [1.29, 1.82) is 5.26 Å². The molecule has 1 aromatic heterocycles. The van der Waals surface area contributed by atoms with Gasteiger partial charge < -0.3 is 5.11 Å². The third-order valence-electron chi connectivity index (χ3n) is 1.03. The Morgan fingerprint density at radius 2 is 2.42 bits per heavy atom. The van der Waals surface area contributed by atoms with Crippen molar-refractivity contribution in [2.24, 2.45) is 0 Å². The second-order valence-electron chi connectivity index (χ2n) is 1.77. The Hall–Kier alpha value is -2.16. The lowest BCUT2D eigenvalue weighted by Crippen LogP contribution is -1.98. The van der Waals surface area contributed by atoms with Crippen molar-refractivity contribution in [3.63, 3.8) is 0 Å². The van der Waals surface area contributed by atoms with Gasteiger partial charge in [-0.05, 0) is 16.4 Å². The van der Waals surface area contributed by atoms with E-state index in [1.165, 1.54) is 6.08 Å². The highest BCUT2D eigenvalue weighted by Crippen LogP contribution is 2.03. The van der Waals surface area contributed by atoms with Gasteiger partial charge in [0.2, 0.25) is 5.69 Å². The Kier molecular flexibility index (Phi) is 2.18. The van der Waals surface area contributed by atoms with Gasteiger partial charge >= 0.3 is 5.97 Å². The van der Waals surface area contributed by atoms with Gasteiger partial charge in [-0.15, -0.1) is 0 Å². The lowest BCUT2D eigenvalue weighted by atomic mass is 10.3. The number of nitrogens with zero attached hydrogens (tertiary/aromatic N) is 3. The predicted molar refractivity (Wildman–Crippen MR) is 35.9 cm³/mol. The third-order valence-corrected chi connectivity index (χ3v) is 1.03. The maximum Gasteiger partial charge on any atom is 0.360 e. The monoisotopic (exact) mass is 165 g/mol. The summed E-state index contributed by atoms with van der Waals surface area (Å²) in [6.07, 6.45) is 2.30. The summed E-state index contributed by atoms with van der Waals surface area (Å²) in [5.41, 5.74) is -0.273. The number of rotatable bonds is 2. The Labute approximate surface area is 66.7 Å². The van der Waals surface area contributed by atoms with Crippen LogP contribution in [-0.2, 0) is 0 Å². The van der Waals surface area contributed by atoms with Crippen LogP contribution in [0.2, 0.25) is 0 Å². The number of carboxylic acid groups (broad SMARTS) is 1. The first-order chi connectivity index (χ1) is 5.75. The van der Waals surface area contributed by atoms with Crippen LogP contribution in [0.4, 0.5) is 0 Å². The lowest BCUT2D eigenvalue weighted by Gasteiger charge is -1.82. The van der Waals surface area contributed by atoms with Crippen molar-refractivity contribution in [1.82, 2.24) is 10.3 Å². The number of aromatic carboxylic acids is 1. The third kappa shape index (κ3) is 1.46. The normalized spacial score (nSPS) is 9.92. The average Bonchev–Trinajstić information content (AvgIpc) is 2.48. The van der Waals surface area contributed by atoms with E-state index in [0.717, 1.165) is 6.08 Å². The Balaban J connectivity index is 3.01. The van der Waals surface area contributed by atoms with E-state index in [-0.39, 0.29) is 11.4 Å². The zero-order valence-electron chi connectivity index (χ0n) is 5.76. The molecule has 0 aliphatic carbocycles. The maximum absolute atomic E-state index is 10.4. The van der Waals surface area contributed by atoms with Crippen LogP contribution in [0, 0.1) is 11.3 Å². The molecule has 0 spiro atoms. The lowest BCUT2D eigenvalue weighted by molar-refractivity contribution is 0.0685. The molecule has 0 aliphatic rings. The van der Waals surface area contributed by atoms with E-state index < -0.39 is 5.97 Å². The van der Waals surface area contributed by atoms with E-state index in [0.29, 0.717) is 0 Å². The van der Waals surface area contributed by atoms with Crippen molar-refractivity contribution in [3.8, 4) is 6.07 Å². The van der Waals surface area contributed by atoms with Gasteiger partial charge in [0.25, 0.3) is 0 Å². The molecule has 6 heteroatoms. The maximum atomic E-state index is 10.4. The van der Waals surface area contributed by atoms with Crippen molar-refractivity contribution in [2.45, 2.75) is 0 Å². The summed E-state index contributed by atoms with van der Waals surface area (Å²) in [4.78, 5) is 10.4. The molecule has 0 aliphatic heterocycles. The topological polar surface area (TPSA) is 100 Å². The second kappa shape index (κ2) is 3.30. The number of nitriles is 1. The minimum absolute atomic E-state index is 0.0315. The largest absolute Gasteiger partial charge is 0.476 e. The molecule has 0 saturated heterocycles. The number of allylic oxidation sites excluding steroid dienone is 1. The zero-order chi connectivity index (χ0) is 8.97. The number of carbonyl (C=O) groups is 1. The van der Waals surface area contributed by atoms with Crippen LogP contribution >= 0.6 is 0 Å². The molecule has 1 heterocycles. The molecule has 12 heavy (non-hydrogen) atoms. The fraction of sp³-hybridized carbons (Fsp3) is 0. The van der Waals surface area contributed by atoms with Gasteiger partial charge in [-0.2, -0.15) is 5.26 Å². The van der Waals surface area contributed by atoms with Gasteiger partial charge in [0, 0.05) is 6.08 Å². The van der Waals surface area contributed by atoms with Gasteiger partial charge in [-0.25, -0.2) is 9.42 Å². The molecule has 0 radical (unpaired) electrons. The summed E-state index contributed by atoms with van der Waals surface area (Å²) in [7, 11) is 0. The van der Waals surface area contributed by atoms with Crippen LogP contribution in [0.15, 0.2) is 10.7 Å². The molecule has 1 N–H and O–H groups in total. The summed E-state index contributed by atoms with van der Waals surface area (Å²) < 4.78 is 4.16. The van der Waals surface area contributed by atoms with E-state index in [2.05, 4.69) is 14.9 Å². The zero-order valence-corrected chi connectivity index (χ0v) is 5.76. The molecule has 0 unspecified atom stereocenters. The number of hydrogen-bond acceptors (Lipinski definition) is 5. The molecular formula is C6H3N3O3. The highest BCUT2D eigenvalue weighted by atomic mass is 16.6. The standard InChI is InChI=1S/C6H3N3O3/c7-3-1-2-4-5(6(10)11)9-12-8-4/h1-2H,(H,10,11)/b2-1+. The quantitative estimate of drug-likeness (QED) is 0.632. The minimum atomic E-state index is -1.24. The Bertz CT molecular complexity index is 360. The van der Waals surface area contributed by atoms with Crippen molar-refractivity contribution >= 4 is 12.0 Å². The summed E-state index contributed by atoms with van der Waals surface area (Å²) in [5.74, 6) is -1.24. The van der Waals surface area contributed by atoms with Crippen LogP contribution in [0.3, 0.4) is 0 Å². The van der Waals surface area contributed by atoms with Crippen molar-refractivity contribution in [2.75, 3.05) is 0 Å². The fourth-order valence-corrected chi connectivity index (χ4v) is 0.569. The van der Waals surface area contributed by atoms with Gasteiger partial charge in [-0.3, -0.25) is 0 Å². The molecule has 1 aromatic rings. The summed E-state index contributed by atoms with van der Waals surface area (Å²) in [5, 5.41) is 23.0. The average molecular weight is 165 g/mol. The molecule has 1 rings (SSSR count). The number of aromatic nitrogens is 2. The SMILES string of the molecule is N#C/C=C/c1nonc1C(=O)O. The molecular weight excluding hydrogens is 162 g/mol. The van der Waals surface area contributed by atoms with Crippen LogP contribution in [0.1, 0.15) is 16.2 Å². The van der Waals surface area contributed by atoms with Crippen LogP contribution in [0.25, 0.3) is 6.08 Å². The van der Waals surface area contributed by atoms with Crippen molar-refractivity contribution < 1.29 is 14.5 Å². The smallest absolute Gasteiger partial charge is 0.360 e. The highest BCUT2D eigenvalue weighted by molar-refractivity contribution is 5.88. The first-order valence-electron chi connectivity index (χ1n) is 2.87. The fourth-order valence-electron chi connectivity index (χ4n) is 0.569. The highest BCUT2D eigenvalue weighted by Gasteiger charge is 2.13. The molecule has 0 fully saturated rings. The number of carboxylic acids is 1. The van der Waals surface area contributed by atoms with Crippen LogP contribution < -0.4 is 0 Å². The predicted octanol–water partition coefficient (Wildman–Crippen LogP) is 0.305. The molecule has 6 nitrogen and oxygen atoms in total. The summed E-state index contributed by atoms with van der Waals surface area (Å²) in [6.45, 7) is 0. The van der Waals surface area contributed by atoms with E-state index in [1.807, 2.05) is 0 Å². The van der Waals surface area contributed by atoms with E-state index >= 15 is 0 Å². The molecule has 0 saturated carbocycles. The first kappa shape index (κ1) is 7.94. The first-order valence-corrected chi connectivity index (χ1v) is 2.87. The summed E-state index contributed by atoms with van der Waals surface area (Å²) >= 11 is 0. The van der Waals surface area contributed by atoms with E-state index in [1.54, 1.807) is 6.07 Å². The minimum Gasteiger partial charge on any atom is -0.476 e. The summed E-state index contributed by atoms with van der Waals surface area (Å²) in [6, 6.07) is 1.69. The van der Waals surface area contributed by atoms with Crippen molar-refractivity contribution in [3.05, 3.63) is 17.5 Å². The van der Waals surface area contributed by atoms with Gasteiger partial charge in [0.05, 0.1) is 6.07 Å². The molecule has 0 aromatic carbocycles. The molecule has 0 atom stereocenters. The van der Waals surface area contributed by atoms with Crippen LogP contribution in [0.5, 0.6) is 0 Å². The Morgan fingerprint density at radius 1 is 1.67 bits per heavy atom. The molecule has 0 bridgehead atoms. The van der Waals surface area contributed by atoms with Gasteiger partial charge in [0.15, 0.2) is 0 Å². The van der Waals surface area contributed by atoms with Gasteiger partial charge in [0.1, 0.15) is 5.69 Å². The molecule has 60 valence electrons. The molecule has 0 amide bonds. The van der Waals surface area contributed by atoms with Crippen LogP contribution in [-0.4, -0.2) is 21.4 Å². The number of hydrogen-bond donors (Lipinski definition) is 1.